The Morgan fingerprint density at radius 1 is 1.37 bits per heavy atom. The molecule has 1 aromatic carbocycles. The highest BCUT2D eigenvalue weighted by Crippen LogP contribution is 2.31. The molecule has 0 aliphatic rings. The first-order valence-corrected chi connectivity index (χ1v) is 5.39. The number of methoxy groups -OCH3 is 1. The number of alkyl halides is 3. The summed E-state index contributed by atoms with van der Waals surface area (Å²) in [5, 5.41) is 10.8. The number of rotatable bonds is 5. The second kappa shape index (κ2) is 5.48. The summed E-state index contributed by atoms with van der Waals surface area (Å²) in [6, 6.07) is 6.45. The Morgan fingerprint density at radius 2 is 1.95 bits per heavy atom. The van der Waals surface area contributed by atoms with Crippen molar-refractivity contribution in [3.8, 4) is 5.75 Å². The van der Waals surface area contributed by atoms with Gasteiger partial charge in [0.05, 0.1) is 7.11 Å². The van der Waals surface area contributed by atoms with Crippen LogP contribution in [0.1, 0.15) is 12.5 Å². The van der Waals surface area contributed by atoms with E-state index in [1.54, 1.807) is 24.3 Å². The number of carbonyl (C=O) groups is 1. The minimum Gasteiger partial charge on any atom is -0.496 e. The van der Waals surface area contributed by atoms with E-state index in [-0.39, 0.29) is 6.54 Å². The second-order valence-corrected chi connectivity index (χ2v) is 4.09. The monoisotopic (exact) mass is 277 g/mol. The molecule has 0 amide bonds. The van der Waals surface area contributed by atoms with Crippen molar-refractivity contribution in [2.45, 2.75) is 25.2 Å². The standard InChI is InChI=1S/C12H14F3NO3/c1-11(10(17)18,12(13,14)15)16-7-8-5-3-4-6-9(8)19-2/h3-6,16H,7H2,1-2H3,(H,17,18). The quantitative estimate of drug-likeness (QED) is 0.866. The van der Waals surface area contributed by atoms with Gasteiger partial charge < -0.3 is 9.84 Å². The molecule has 0 heterocycles. The minimum atomic E-state index is -4.90. The highest BCUT2D eigenvalue weighted by molar-refractivity contribution is 5.79. The summed E-state index contributed by atoms with van der Waals surface area (Å²) >= 11 is 0. The van der Waals surface area contributed by atoms with E-state index in [0.29, 0.717) is 18.2 Å². The molecule has 1 unspecified atom stereocenters. The molecule has 7 heteroatoms. The maximum atomic E-state index is 12.8. The van der Waals surface area contributed by atoms with E-state index in [0.717, 1.165) is 0 Å². The van der Waals surface area contributed by atoms with Crippen molar-refractivity contribution in [2.24, 2.45) is 0 Å². The predicted molar refractivity (Wildman–Crippen MR) is 61.9 cm³/mol. The Morgan fingerprint density at radius 3 is 2.42 bits per heavy atom. The Balaban J connectivity index is 2.92. The fourth-order valence-electron chi connectivity index (χ4n) is 1.42. The zero-order valence-corrected chi connectivity index (χ0v) is 10.4. The molecule has 1 atom stereocenters. The van der Waals surface area contributed by atoms with Gasteiger partial charge in [-0.05, 0) is 13.0 Å². The van der Waals surface area contributed by atoms with Crippen molar-refractivity contribution >= 4 is 5.97 Å². The van der Waals surface area contributed by atoms with E-state index in [9.17, 15) is 18.0 Å². The van der Waals surface area contributed by atoms with Gasteiger partial charge in [-0.3, -0.25) is 5.32 Å². The zero-order valence-electron chi connectivity index (χ0n) is 10.4. The molecular formula is C12H14F3NO3. The number of aliphatic carboxylic acids is 1. The van der Waals surface area contributed by atoms with Gasteiger partial charge in [-0.1, -0.05) is 18.2 Å². The van der Waals surface area contributed by atoms with E-state index >= 15 is 0 Å². The first kappa shape index (κ1) is 15.3. The van der Waals surface area contributed by atoms with Gasteiger partial charge in [-0.25, -0.2) is 4.79 Å². The Kier molecular flexibility index (Phi) is 4.41. The summed E-state index contributed by atoms with van der Waals surface area (Å²) in [7, 11) is 1.39. The van der Waals surface area contributed by atoms with E-state index in [4.69, 9.17) is 9.84 Å². The van der Waals surface area contributed by atoms with Crippen LogP contribution in [0.2, 0.25) is 0 Å². The van der Waals surface area contributed by atoms with Gasteiger partial charge in [0.25, 0.3) is 0 Å². The maximum absolute atomic E-state index is 12.8. The summed E-state index contributed by atoms with van der Waals surface area (Å²) in [6.07, 6.45) is -4.90. The van der Waals surface area contributed by atoms with Crippen LogP contribution < -0.4 is 10.1 Å². The molecule has 0 radical (unpaired) electrons. The first-order valence-electron chi connectivity index (χ1n) is 5.39. The molecule has 0 saturated carbocycles. The number of para-hydroxylation sites is 1. The van der Waals surface area contributed by atoms with E-state index in [1.807, 2.05) is 5.32 Å². The average Bonchev–Trinajstić information content (AvgIpc) is 2.34. The van der Waals surface area contributed by atoms with Crippen molar-refractivity contribution in [1.29, 1.82) is 0 Å². The van der Waals surface area contributed by atoms with Gasteiger partial charge in [0.1, 0.15) is 5.75 Å². The number of ether oxygens (including phenoxy) is 1. The number of halogens is 3. The molecule has 106 valence electrons. The number of benzene rings is 1. The lowest BCUT2D eigenvalue weighted by Crippen LogP contribution is -2.59. The fraction of sp³-hybridized carbons (Fsp3) is 0.417. The van der Waals surface area contributed by atoms with E-state index < -0.39 is 17.7 Å². The Labute approximate surface area is 108 Å². The predicted octanol–water partition coefficient (Wildman–Crippen LogP) is 2.19. The summed E-state index contributed by atoms with van der Waals surface area (Å²) in [5.41, 5.74) is -2.56. The van der Waals surface area contributed by atoms with Crippen LogP contribution in [-0.4, -0.2) is 29.9 Å². The summed E-state index contributed by atoms with van der Waals surface area (Å²) in [4.78, 5) is 10.8. The van der Waals surface area contributed by atoms with E-state index in [2.05, 4.69) is 0 Å². The number of hydrogen-bond donors (Lipinski definition) is 2. The summed E-state index contributed by atoms with van der Waals surface area (Å²) in [5.74, 6) is -1.58. The number of carboxylic acid groups (broad SMARTS) is 1. The van der Waals surface area contributed by atoms with Crippen LogP contribution in [0.15, 0.2) is 24.3 Å². The lowest BCUT2D eigenvalue weighted by Gasteiger charge is -2.29. The van der Waals surface area contributed by atoms with E-state index in [1.165, 1.54) is 7.11 Å². The van der Waals surface area contributed by atoms with Crippen LogP contribution in [0, 0.1) is 0 Å². The van der Waals surface area contributed by atoms with Crippen LogP contribution in [0.3, 0.4) is 0 Å². The average molecular weight is 277 g/mol. The summed E-state index contributed by atoms with van der Waals surface area (Å²) in [6.45, 7) is 0.317. The van der Waals surface area contributed by atoms with Crippen LogP contribution in [0.5, 0.6) is 5.75 Å². The molecule has 1 aromatic rings. The van der Waals surface area contributed by atoms with Crippen LogP contribution >= 0.6 is 0 Å². The van der Waals surface area contributed by atoms with Gasteiger partial charge in [0, 0.05) is 12.1 Å². The molecule has 0 saturated heterocycles. The van der Waals surface area contributed by atoms with Gasteiger partial charge in [0.15, 0.2) is 0 Å². The largest absolute Gasteiger partial charge is 0.496 e. The lowest BCUT2D eigenvalue weighted by molar-refractivity contribution is -0.206. The SMILES string of the molecule is COc1ccccc1CNC(C)(C(=O)O)C(F)(F)F. The molecule has 0 spiro atoms. The Bertz CT molecular complexity index is 462. The number of hydrogen-bond acceptors (Lipinski definition) is 3. The van der Waals surface area contributed by atoms with Crippen molar-refractivity contribution in [3.63, 3.8) is 0 Å². The highest BCUT2D eigenvalue weighted by atomic mass is 19.4. The second-order valence-electron chi connectivity index (χ2n) is 4.09. The molecular weight excluding hydrogens is 263 g/mol. The maximum Gasteiger partial charge on any atom is 0.417 e. The van der Waals surface area contributed by atoms with Crippen LogP contribution in [0.4, 0.5) is 13.2 Å². The molecule has 0 fully saturated rings. The zero-order chi connectivity index (χ0) is 14.7. The molecule has 0 aliphatic heterocycles. The topological polar surface area (TPSA) is 58.6 Å². The first-order chi connectivity index (χ1) is 8.72. The smallest absolute Gasteiger partial charge is 0.417 e. The van der Waals surface area contributed by atoms with Crippen molar-refractivity contribution in [3.05, 3.63) is 29.8 Å². The van der Waals surface area contributed by atoms with Gasteiger partial charge in [-0.2, -0.15) is 13.2 Å². The molecule has 0 aliphatic carbocycles. The van der Waals surface area contributed by atoms with Crippen molar-refractivity contribution in [2.75, 3.05) is 7.11 Å². The minimum absolute atomic E-state index is 0.272. The van der Waals surface area contributed by atoms with Gasteiger partial charge in [0.2, 0.25) is 5.54 Å². The molecule has 0 aromatic heterocycles. The summed E-state index contributed by atoms with van der Waals surface area (Å²) < 4.78 is 43.3. The normalized spacial score (nSPS) is 14.8. The van der Waals surface area contributed by atoms with Crippen LogP contribution in [0.25, 0.3) is 0 Å². The molecule has 2 N–H and O–H groups in total. The van der Waals surface area contributed by atoms with Crippen LogP contribution in [-0.2, 0) is 11.3 Å². The molecule has 0 bridgehead atoms. The van der Waals surface area contributed by atoms with Gasteiger partial charge >= 0.3 is 12.1 Å². The highest BCUT2D eigenvalue weighted by Gasteiger charge is 2.57. The number of nitrogens with one attached hydrogen (secondary N) is 1. The fourth-order valence-corrected chi connectivity index (χ4v) is 1.42. The molecule has 4 nitrogen and oxygen atoms in total. The lowest BCUT2D eigenvalue weighted by atomic mass is 10.0. The Hall–Kier alpha value is -1.76. The molecule has 1 rings (SSSR count). The molecule has 19 heavy (non-hydrogen) atoms. The van der Waals surface area contributed by atoms with Gasteiger partial charge in [-0.15, -0.1) is 0 Å². The third-order valence-corrected chi connectivity index (χ3v) is 2.82. The number of carboxylic acids is 1. The third kappa shape index (κ3) is 3.17. The third-order valence-electron chi connectivity index (χ3n) is 2.82. The van der Waals surface area contributed by atoms with Crippen molar-refractivity contribution in [1.82, 2.24) is 5.32 Å². The van der Waals surface area contributed by atoms with Crippen molar-refractivity contribution < 1.29 is 27.8 Å².